The molecule has 0 spiro atoms. The highest BCUT2D eigenvalue weighted by Gasteiger charge is 2.37. The molecule has 0 aliphatic carbocycles. The summed E-state index contributed by atoms with van der Waals surface area (Å²) in [5.74, 6) is -2.10. The maximum absolute atomic E-state index is 12.7. The highest BCUT2D eigenvalue weighted by atomic mass is 35.5. The average molecular weight is 468 g/mol. The second-order valence-corrected chi connectivity index (χ2v) is 7.90. The van der Waals surface area contributed by atoms with E-state index in [-0.39, 0.29) is 38.2 Å². The fraction of sp³-hybridized carbons (Fsp3) is 0.0833. The van der Waals surface area contributed by atoms with Crippen molar-refractivity contribution in [2.45, 2.75) is 13.0 Å². The maximum Gasteiger partial charge on any atom is 0.338 e. The number of imide groups is 1. The number of esters is 1. The Morgan fingerprint density at radius 1 is 0.812 bits per heavy atom. The van der Waals surface area contributed by atoms with Crippen LogP contribution in [0.3, 0.4) is 0 Å². The molecule has 3 aromatic carbocycles. The minimum Gasteiger partial charge on any atom is -0.451 e. The molecule has 160 valence electrons. The highest BCUT2D eigenvalue weighted by Crippen LogP contribution is 2.34. The molecule has 6 nitrogen and oxygen atoms in total. The summed E-state index contributed by atoms with van der Waals surface area (Å²) >= 11 is 11.9. The van der Waals surface area contributed by atoms with Crippen molar-refractivity contribution in [2.75, 3.05) is 4.90 Å². The van der Waals surface area contributed by atoms with Crippen molar-refractivity contribution in [1.82, 2.24) is 0 Å². The summed E-state index contributed by atoms with van der Waals surface area (Å²) in [6.07, 6.45) is -0.977. The van der Waals surface area contributed by atoms with Gasteiger partial charge in [0.25, 0.3) is 11.8 Å². The smallest absolute Gasteiger partial charge is 0.338 e. The number of hydrogen-bond donors (Lipinski definition) is 0. The largest absolute Gasteiger partial charge is 0.451 e. The second kappa shape index (κ2) is 8.57. The van der Waals surface area contributed by atoms with Crippen molar-refractivity contribution < 1.29 is 23.9 Å². The van der Waals surface area contributed by atoms with Gasteiger partial charge in [-0.15, -0.1) is 0 Å². The third-order valence-electron chi connectivity index (χ3n) is 5.00. The van der Waals surface area contributed by atoms with E-state index in [2.05, 4.69) is 0 Å². The fourth-order valence-corrected chi connectivity index (χ4v) is 3.66. The van der Waals surface area contributed by atoms with Crippen LogP contribution >= 0.6 is 23.2 Å². The van der Waals surface area contributed by atoms with Gasteiger partial charge in [-0.05, 0) is 43.3 Å². The van der Waals surface area contributed by atoms with Crippen LogP contribution < -0.4 is 4.90 Å². The Balaban J connectivity index is 1.50. The molecule has 0 unspecified atom stereocenters. The summed E-state index contributed by atoms with van der Waals surface area (Å²) in [4.78, 5) is 51.3. The SMILES string of the molecule is C[C@H](OC(=O)c1ccc(N2C(=O)c3cc(Cl)c(Cl)cc3C2=O)cc1)C(=O)c1ccccc1. The summed E-state index contributed by atoms with van der Waals surface area (Å²) in [7, 11) is 0. The number of hydrogen-bond acceptors (Lipinski definition) is 5. The lowest BCUT2D eigenvalue weighted by molar-refractivity contribution is 0.0319. The second-order valence-electron chi connectivity index (χ2n) is 7.08. The Bertz CT molecular complexity index is 1210. The Morgan fingerprint density at radius 2 is 1.34 bits per heavy atom. The van der Waals surface area contributed by atoms with Gasteiger partial charge in [-0.1, -0.05) is 53.5 Å². The number of carbonyl (C=O) groups is 4. The highest BCUT2D eigenvalue weighted by molar-refractivity contribution is 6.44. The molecule has 0 fully saturated rings. The van der Waals surface area contributed by atoms with E-state index in [0.29, 0.717) is 5.56 Å². The van der Waals surface area contributed by atoms with Crippen molar-refractivity contribution >= 4 is 52.5 Å². The van der Waals surface area contributed by atoms with Gasteiger partial charge in [-0.25, -0.2) is 9.69 Å². The molecule has 0 aromatic heterocycles. The molecule has 1 atom stereocenters. The van der Waals surface area contributed by atoms with E-state index in [0.717, 1.165) is 4.90 Å². The van der Waals surface area contributed by atoms with E-state index < -0.39 is 23.9 Å². The molecule has 0 saturated carbocycles. The van der Waals surface area contributed by atoms with Crippen LogP contribution in [-0.2, 0) is 4.74 Å². The molecule has 0 radical (unpaired) electrons. The number of amides is 2. The first-order chi connectivity index (χ1) is 15.3. The molecular weight excluding hydrogens is 453 g/mol. The molecule has 1 aliphatic heterocycles. The van der Waals surface area contributed by atoms with Crippen LogP contribution in [0.5, 0.6) is 0 Å². The monoisotopic (exact) mass is 467 g/mol. The van der Waals surface area contributed by atoms with Gasteiger partial charge < -0.3 is 4.74 Å². The van der Waals surface area contributed by atoms with Crippen molar-refractivity contribution in [1.29, 1.82) is 0 Å². The molecule has 0 saturated heterocycles. The number of nitrogens with zero attached hydrogens (tertiary/aromatic N) is 1. The van der Waals surface area contributed by atoms with E-state index in [1.165, 1.54) is 43.3 Å². The molecule has 3 aromatic rings. The summed E-state index contributed by atoms with van der Waals surface area (Å²) < 4.78 is 5.27. The minimum absolute atomic E-state index is 0.154. The molecule has 0 N–H and O–H groups in total. The molecule has 2 amide bonds. The van der Waals surface area contributed by atoms with Gasteiger partial charge >= 0.3 is 5.97 Å². The van der Waals surface area contributed by atoms with Crippen LogP contribution in [0, 0.1) is 0 Å². The van der Waals surface area contributed by atoms with Crippen molar-refractivity contribution in [2.24, 2.45) is 0 Å². The fourth-order valence-electron chi connectivity index (χ4n) is 3.33. The number of ether oxygens (including phenoxy) is 1. The summed E-state index contributed by atoms with van der Waals surface area (Å²) in [6.45, 7) is 1.50. The van der Waals surface area contributed by atoms with Gasteiger partial charge in [0.15, 0.2) is 6.10 Å². The molecule has 0 bridgehead atoms. The lowest BCUT2D eigenvalue weighted by atomic mass is 10.1. The first-order valence-corrected chi connectivity index (χ1v) is 10.3. The van der Waals surface area contributed by atoms with Crippen LogP contribution in [0.4, 0.5) is 5.69 Å². The van der Waals surface area contributed by atoms with E-state index in [1.54, 1.807) is 30.3 Å². The molecule has 32 heavy (non-hydrogen) atoms. The van der Waals surface area contributed by atoms with Gasteiger partial charge in [-0.2, -0.15) is 0 Å². The Morgan fingerprint density at radius 3 is 1.88 bits per heavy atom. The van der Waals surface area contributed by atoms with Gasteiger partial charge in [-0.3, -0.25) is 14.4 Å². The zero-order valence-corrected chi connectivity index (χ0v) is 18.2. The minimum atomic E-state index is -0.977. The first kappa shape index (κ1) is 21.7. The van der Waals surface area contributed by atoms with Crippen LogP contribution in [0.15, 0.2) is 66.7 Å². The van der Waals surface area contributed by atoms with Gasteiger partial charge in [0.2, 0.25) is 5.78 Å². The number of anilines is 1. The van der Waals surface area contributed by atoms with Gasteiger partial charge in [0, 0.05) is 5.56 Å². The Labute approximate surface area is 193 Å². The van der Waals surface area contributed by atoms with Crippen LogP contribution in [0.1, 0.15) is 48.4 Å². The van der Waals surface area contributed by atoms with Crippen molar-refractivity contribution in [3.63, 3.8) is 0 Å². The molecule has 8 heteroatoms. The summed E-state index contributed by atoms with van der Waals surface area (Å²) in [5.41, 5.74) is 1.19. The number of Topliss-reactive ketones (excluding diaryl/α,β-unsaturated/α-hetero) is 1. The molecule has 1 heterocycles. The van der Waals surface area contributed by atoms with Crippen LogP contribution in [0.2, 0.25) is 10.0 Å². The van der Waals surface area contributed by atoms with Crippen LogP contribution in [0.25, 0.3) is 0 Å². The topological polar surface area (TPSA) is 80.8 Å². The summed E-state index contributed by atoms with van der Waals surface area (Å²) in [6, 6.07) is 17.0. The maximum atomic E-state index is 12.7. The van der Waals surface area contributed by atoms with Crippen molar-refractivity contribution in [3.05, 3.63) is 99.0 Å². The summed E-state index contributed by atoms with van der Waals surface area (Å²) in [5, 5.41) is 0.344. The Kier molecular flexibility index (Phi) is 5.82. The van der Waals surface area contributed by atoms with Gasteiger partial charge in [0.1, 0.15) is 0 Å². The zero-order chi connectivity index (χ0) is 23.0. The third-order valence-corrected chi connectivity index (χ3v) is 5.72. The van der Waals surface area contributed by atoms with Crippen LogP contribution in [-0.4, -0.2) is 29.7 Å². The predicted octanol–water partition coefficient (Wildman–Crippen LogP) is 5.22. The quantitative estimate of drug-likeness (QED) is 0.291. The number of fused-ring (bicyclic) bond motifs is 1. The van der Waals surface area contributed by atoms with E-state index in [4.69, 9.17) is 27.9 Å². The Hall–Kier alpha value is -3.48. The number of ketones is 1. The standard InChI is InChI=1S/C24H15Cl2NO5/c1-13(21(28)14-5-3-2-4-6-14)32-24(31)15-7-9-16(10-8-15)27-22(29)17-11-19(25)20(26)12-18(17)23(27)30/h2-13H,1H3/t13-/m0/s1. The normalized spacial score (nSPS) is 13.7. The number of carbonyl (C=O) groups excluding carboxylic acids is 4. The third kappa shape index (κ3) is 3.90. The first-order valence-electron chi connectivity index (χ1n) is 9.56. The number of benzene rings is 3. The predicted molar refractivity (Wildman–Crippen MR) is 120 cm³/mol. The van der Waals surface area contributed by atoms with E-state index >= 15 is 0 Å². The van der Waals surface area contributed by atoms with Gasteiger partial charge in [0.05, 0.1) is 32.4 Å². The number of halogens is 2. The molecule has 4 rings (SSSR count). The number of rotatable bonds is 5. The average Bonchev–Trinajstić information content (AvgIpc) is 3.03. The van der Waals surface area contributed by atoms with E-state index in [9.17, 15) is 19.2 Å². The molecule has 1 aliphatic rings. The molecular formula is C24H15Cl2NO5. The van der Waals surface area contributed by atoms with E-state index in [1.807, 2.05) is 0 Å². The lowest BCUT2D eigenvalue weighted by Gasteiger charge is -2.15. The van der Waals surface area contributed by atoms with Crippen molar-refractivity contribution in [3.8, 4) is 0 Å². The lowest BCUT2D eigenvalue weighted by Crippen LogP contribution is -2.29. The zero-order valence-electron chi connectivity index (χ0n) is 16.7.